The van der Waals surface area contributed by atoms with Crippen LogP contribution in [-0.4, -0.2) is 21.1 Å². The smallest absolute Gasteiger partial charge is 0.197 e. The Morgan fingerprint density at radius 2 is 1.72 bits per heavy atom. The van der Waals surface area contributed by atoms with Crippen molar-refractivity contribution in [3.05, 3.63) is 98.9 Å². The van der Waals surface area contributed by atoms with E-state index < -0.39 is 0 Å². The third-order valence-electron chi connectivity index (χ3n) is 7.69. The van der Waals surface area contributed by atoms with E-state index in [1.165, 1.54) is 22.0 Å². The van der Waals surface area contributed by atoms with Crippen LogP contribution in [0.2, 0.25) is 0 Å². The van der Waals surface area contributed by atoms with Gasteiger partial charge in [0.05, 0.1) is 11.1 Å². The Kier molecular flexibility index (Phi) is 3.76. The standard InChI is InChI=1S/C30H18N2O2S2/c1-30(2)22-7-3-5-17-18-6-4-9-31-28(18)32(25(17)22)29-23(30)13-16(36-29)12-21-26(33)19-11-15-8-10-35-24(15)14-20(19)27(21)34/h3-14H,1-2H3/b21-12-. The zero-order valence-electron chi connectivity index (χ0n) is 19.5. The first-order valence-electron chi connectivity index (χ1n) is 11.8. The Morgan fingerprint density at radius 3 is 2.58 bits per heavy atom. The van der Waals surface area contributed by atoms with Gasteiger partial charge in [-0.2, -0.15) is 0 Å². The fraction of sp³-hybridized carbons (Fsp3) is 0.100. The third kappa shape index (κ3) is 2.40. The van der Waals surface area contributed by atoms with Gasteiger partial charge in [-0.05, 0) is 64.4 Å². The second-order valence-electron chi connectivity index (χ2n) is 9.98. The van der Waals surface area contributed by atoms with Crippen molar-refractivity contribution in [2.75, 3.05) is 0 Å². The number of hydrogen-bond acceptors (Lipinski definition) is 5. The summed E-state index contributed by atoms with van der Waals surface area (Å²) in [6.07, 6.45) is 3.62. The van der Waals surface area contributed by atoms with Crippen molar-refractivity contribution in [2.24, 2.45) is 0 Å². The second-order valence-corrected chi connectivity index (χ2v) is 12.0. The highest BCUT2D eigenvalue weighted by Gasteiger charge is 2.38. The number of allylic oxidation sites excluding steroid dienone is 1. The molecule has 0 saturated carbocycles. The number of ketones is 2. The maximum atomic E-state index is 13.3. The van der Waals surface area contributed by atoms with Crippen LogP contribution in [0, 0.1) is 0 Å². The first-order chi connectivity index (χ1) is 17.4. The van der Waals surface area contributed by atoms with Crippen LogP contribution in [0.25, 0.3) is 43.1 Å². The molecular formula is C30H18N2O2S2. The molecule has 36 heavy (non-hydrogen) atoms. The molecule has 172 valence electrons. The molecule has 0 bridgehead atoms. The number of carbonyl (C=O) groups excluding carboxylic acids is 2. The molecule has 2 aromatic carbocycles. The van der Waals surface area contributed by atoms with Gasteiger partial charge in [0.15, 0.2) is 11.6 Å². The number of para-hydroxylation sites is 1. The fourth-order valence-corrected chi connectivity index (χ4v) is 7.96. The molecule has 0 N–H and O–H groups in total. The first-order valence-corrected chi connectivity index (χ1v) is 13.5. The van der Waals surface area contributed by atoms with Crippen LogP contribution in [0.3, 0.4) is 0 Å². The van der Waals surface area contributed by atoms with E-state index in [2.05, 4.69) is 48.7 Å². The van der Waals surface area contributed by atoms with Gasteiger partial charge in [0.25, 0.3) is 0 Å². The summed E-state index contributed by atoms with van der Waals surface area (Å²) in [6.45, 7) is 4.49. The molecule has 5 heterocycles. The molecular weight excluding hydrogens is 484 g/mol. The van der Waals surface area contributed by atoms with Gasteiger partial charge in [-0.15, -0.1) is 22.7 Å². The average molecular weight is 503 g/mol. The summed E-state index contributed by atoms with van der Waals surface area (Å²) in [4.78, 5) is 32.3. The topological polar surface area (TPSA) is 52.0 Å². The number of hydrogen-bond donors (Lipinski definition) is 0. The van der Waals surface area contributed by atoms with Crippen molar-refractivity contribution < 1.29 is 9.59 Å². The Balaban J connectivity index is 1.35. The van der Waals surface area contributed by atoms with Crippen LogP contribution in [0.5, 0.6) is 0 Å². The van der Waals surface area contributed by atoms with E-state index in [0.29, 0.717) is 11.1 Å². The largest absolute Gasteiger partial charge is 0.288 e. The zero-order valence-corrected chi connectivity index (χ0v) is 21.1. The summed E-state index contributed by atoms with van der Waals surface area (Å²) in [6, 6.07) is 18.4. The predicted molar refractivity (Wildman–Crippen MR) is 147 cm³/mol. The van der Waals surface area contributed by atoms with E-state index in [1.807, 2.05) is 35.8 Å². The van der Waals surface area contributed by atoms with Crippen LogP contribution < -0.4 is 0 Å². The maximum Gasteiger partial charge on any atom is 0.197 e. The highest BCUT2D eigenvalue weighted by molar-refractivity contribution is 7.17. The minimum absolute atomic E-state index is 0.185. The van der Waals surface area contributed by atoms with Crippen LogP contribution in [0.15, 0.2) is 71.7 Å². The molecule has 0 amide bonds. The van der Waals surface area contributed by atoms with E-state index in [-0.39, 0.29) is 22.6 Å². The zero-order chi connectivity index (χ0) is 24.3. The first kappa shape index (κ1) is 20.3. The monoisotopic (exact) mass is 502 g/mol. The summed E-state index contributed by atoms with van der Waals surface area (Å²) in [7, 11) is 0. The Labute approximate surface area is 214 Å². The number of benzene rings is 2. The molecule has 1 aliphatic heterocycles. The number of pyridine rings is 1. The third-order valence-corrected chi connectivity index (χ3v) is 9.63. The molecule has 1 aliphatic carbocycles. The Hall–Kier alpha value is -3.87. The van der Waals surface area contributed by atoms with Gasteiger partial charge < -0.3 is 0 Å². The number of rotatable bonds is 1. The van der Waals surface area contributed by atoms with Gasteiger partial charge in [0, 0.05) is 43.1 Å². The summed E-state index contributed by atoms with van der Waals surface area (Å²) in [5.74, 6) is -0.373. The molecule has 0 saturated heterocycles. The molecule has 0 spiro atoms. The van der Waals surface area contributed by atoms with E-state index in [4.69, 9.17) is 4.98 Å². The van der Waals surface area contributed by atoms with Crippen LogP contribution in [0.4, 0.5) is 0 Å². The maximum absolute atomic E-state index is 13.3. The summed E-state index contributed by atoms with van der Waals surface area (Å²) in [5.41, 5.74) is 5.58. The minimum atomic E-state index is -0.233. The molecule has 4 aromatic heterocycles. The number of aromatic nitrogens is 2. The molecule has 0 atom stereocenters. The van der Waals surface area contributed by atoms with E-state index in [9.17, 15) is 9.59 Å². The van der Waals surface area contributed by atoms with Crippen molar-refractivity contribution in [1.29, 1.82) is 0 Å². The van der Waals surface area contributed by atoms with Crippen LogP contribution in [0.1, 0.15) is 50.6 Å². The van der Waals surface area contributed by atoms with Crippen molar-refractivity contribution >= 4 is 72.3 Å². The number of carbonyl (C=O) groups is 2. The van der Waals surface area contributed by atoms with Gasteiger partial charge >= 0.3 is 0 Å². The second kappa shape index (κ2) is 6.66. The lowest BCUT2D eigenvalue weighted by molar-refractivity contribution is 0.0990. The highest BCUT2D eigenvalue weighted by atomic mass is 32.1. The van der Waals surface area contributed by atoms with Crippen molar-refractivity contribution in [3.8, 4) is 5.00 Å². The quantitative estimate of drug-likeness (QED) is 0.172. The average Bonchev–Trinajstić information content (AvgIpc) is 3.63. The van der Waals surface area contributed by atoms with Gasteiger partial charge in [-0.3, -0.25) is 14.2 Å². The van der Waals surface area contributed by atoms with Crippen molar-refractivity contribution in [2.45, 2.75) is 19.3 Å². The van der Waals surface area contributed by atoms with Gasteiger partial charge in [0.1, 0.15) is 10.6 Å². The van der Waals surface area contributed by atoms with E-state index in [1.54, 1.807) is 28.7 Å². The molecule has 8 rings (SSSR count). The lowest BCUT2D eigenvalue weighted by Gasteiger charge is -2.32. The summed E-state index contributed by atoms with van der Waals surface area (Å²) < 4.78 is 3.28. The van der Waals surface area contributed by atoms with Crippen molar-refractivity contribution in [3.63, 3.8) is 0 Å². The molecule has 0 fully saturated rings. The van der Waals surface area contributed by atoms with Crippen LogP contribution >= 0.6 is 22.7 Å². The van der Waals surface area contributed by atoms with Crippen LogP contribution in [-0.2, 0) is 5.41 Å². The van der Waals surface area contributed by atoms with Gasteiger partial charge in [-0.1, -0.05) is 32.0 Å². The molecule has 0 radical (unpaired) electrons. The SMILES string of the molecule is CC1(C)c2cc(/C=C3/C(=O)c4cc5ccsc5cc4C3=O)sc2-n2c3ncccc3c3cccc1c32. The number of fused-ring (bicyclic) bond motifs is 7. The summed E-state index contributed by atoms with van der Waals surface area (Å²) in [5, 5.41) is 6.41. The molecule has 2 aliphatic rings. The number of Topliss-reactive ketones (excluding diaryl/α,β-unsaturated/α-hetero) is 2. The lowest BCUT2D eigenvalue weighted by Crippen LogP contribution is -2.24. The summed E-state index contributed by atoms with van der Waals surface area (Å²) >= 11 is 3.20. The van der Waals surface area contributed by atoms with Crippen molar-refractivity contribution in [1.82, 2.24) is 9.55 Å². The minimum Gasteiger partial charge on any atom is -0.288 e. The molecule has 6 aromatic rings. The Morgan fingerprint density at radius 1 is 0.917 bits per heavy atom. The fourth-order valence-electron chi connectivity index (χ4n) is 5.88. The molecule has 6 heteroatoms. The molecule has 0 unspecified atom stereocenters. The normalized spacial score (nSPS) is 17.0. The van der Waals surface area contributed by atoms with E-state index >= 15 is 0 Å². The number of thiophene rings is 2. The number of nitrogens with zero attached hydrogens (tertiary/aromatic N) is 2. The van der Waals surface area contributed by atoms with E-state index in [0.717, 1.165) is 31.0 Å². The highest BCUT2D eigenvalue weighted by Crippen LogP contribution is 2.50. The molecule has 4 nitrogen and oxygen atoms in total. The predicted octanol–water partition coefficient (Wildman–Crippen LogP) is 7.56. The van der Waals surface area contributed by atoms with Gasteiger partial charge in [0.2, 0.25) is 0 Å². The van der Waals surface area contributed by atoms with Gasteiger partial charge in [-0.25, -0.2) is 4.98 Å². The Bertz CT molecular complexity index is 1960. The lowest BCUT2D eigenvalue weighted by atomic mass is 9.76.